The molecule has 1 aliphatic carbocycles. The zero-order valence-electron chi connectivity index (χ0n) is 12.9. The second-order valence-electron chi connectivity index (χ2n) is 6.58. The first-order valence-electron chi connectivity index (χ1n) is 8.16. The monoisotopic (exact) mass is 321 g/mol. The Kier molecular flexibility index (Phi) is 2.88. The number of aliphatic hydroxyl groups excluding tert-OH is 1. The van der Waals surface area contributed by atoms with Gasteiger partial charge in [-0.1, -0.05) is 6.07 Å². The highest BCUT2D eigenvalue weighted by Gasteiger charge is 2.40. The minimum atomic E-state index is -0.585. The number of benzene rings is 1. The highest BCUT2D eigenvalue weighted by atomic mass is 19.1. The van der Waals surface area contributed by atoms with Crippen molar-refractivity contribution in [1.82, 2.24) is 14.5 Å². The van der Waals surface area contributed by atoms with Crippen molar-refractivity contribution < 1.29 is 9.50 Å². The number of halogens is 1. The molecule has 0 fully saturated rings. The molecule has 1 aromatic carbocycles. The third kappa shape index (κ3) is 1.82. The van der Waals surface area contributed by atoms with Crippen LogP contribution in [0.25, 0.3) is 11.3 Å². The van der Waals surface area contributed by atoms with Crippen LogP contribution in [-0.4, -0.2) is 19.6 Å². The summed E-state index contributed by atoms with van der Waals surface area (Å²) in [5, 5.41) is 11.0. The van der Waals surface area contributed by atoms with Gasteiger partial charge in [0.25, 0.3) is 0 Å². The molecule has 0 radical (unpaired) electrons. The fourth-order valence-corrected chi connectivity index (χ4v) is 4.30. The summed E-state index contributed by atoms with van der Waals surface area (Å²) in [6, 6.07) is 6.86. The number of aryl methyl sites for hydroxylation is 1. The van der Waals surface area contributed by atoms with Crippen LogP contribution < -0.4 is 0 Å². The van der Waals surface area contributed by atoms with Gasteiger partial charge >= 0.3 is 0 Å². The van der Waals surface area contributed by atoms with Crippen molar-refractivity contribution in [2.45, 2.75) is 25.0 Å². The fraction of sp³-hybridized carbons (Fsp3) is 0.263. The maximum absolute atomic E-state index is 13.7. The van der Waals surface area contributed by atoms with Gasteiger partial charge < -0.3 is 9.67 Å². The molecule has 0 spiro atoms. The van der Waals surface area contributed by atoms with Crippen molar-refractivity contribution in [2.24, 2.45) is 5.92 Å². The Balaban J connectivity index is 1.64. The predicted octanol–water partition coefficient (Wildman–Crippen LogP) is 3.28. The third-order valence-electron chi connectivity index (χ3n) is 5.40. The minimum Gasteiger partial charge on any atom is -0.388 e. The summed E-state index contributed by atoms with van der Waals surface area (Å²) in [4.78, 5) is 8.40. The van der Waals surface area contributed by atoms with E-state index >= 15 is 0 Å². The number of aromatic nitrogens is 3. The van der Waals surface area contributed by atoms with Gasteiger partial charge in [0.15, 0.2) is 0 Å². The van der Waals surface area contributed by atoms with Crippen molar-refractivity contribution in [3.8, 4) is 11.3 Å². The zero-order chi connectivity index (χ0) is 16.3. The molecule has 3 heterocycles. The lowest BCUT2D eigenvalue weighted by molar-refractivity contribution is 0.0716. The highest BCUT2D eigenvalue weighted by Crippen LogP contribution is 2.49. The number of hydrogen-bond donors (Lipinski definition) is 1. The number of rotatable bonds is 1. The number of pyridine rings is 1. The normalized spacial score (nSPS) is 24.3. The topological polar surface area (TPSA) is 50.9 Å². The number of hydrogen-bond acceptors (Lipinski definition) is 3. The number of fused-ring (bicyclic) bond motifs is 4. The summed E-state index contributed by atoms with van der Waals surface area (Å²) < 4.78 is 15.8. The molecule has 120 valence electrons. The van der Waals surface area contributed by atoms with E-state index in [9.17, 15) is 9.50 Å². The maximum atomic E-state index is 13.7. The Labute approximate surface area is 138 Å². The number of aliphatic hydroxyl groups is 1. The Morgan fingerprint density at radius 3 is 2.96 bits per heavy atom. The highest BCUT2D eigenvalue weighted by molar-refractivity contribution is 5.69. The maximum Gasteiger partial charge on any atom is 0.123 e. The van der Waals surface area contributed by atoms with Crippen molar-refractivity contribution in [1.29, 1.82) is 0 Å². The first-order chi connectivity index (χ1) is 11.7. The van der Waals surface area contributed by atoms with Gasteiger partial charge in [0.2, 0.25) is 0 Å². The van der Waals surface area contributed by atoms with E-state index in [-0.39, 0.29) is 17.8 Å². The van der Waals surface area contributed by atoms with Gasteiger partial charge in [-0.05, 0) is 42.2 Å². The Morgan fingerprint density at radius 2 is 2.04 bits per heavy atom. The minimum absolute atomic E-state index is 0.0151. The molecule has 0 unspecified atom stereocenters. The predicted molar refractivity (Wildman–Crippen MR) is 86.8 cm³/mol. The van der Waals surface area contributed by atoms with Gasteiger partial charge in [-0.2, -0.15) is 0 Å². The third-order valence-corrected chi connectivity index (χ3v) is 5.40. The molecule has 0 amide bonds. The first-order valence-corrected chi connectivity index (χ1v) is 8.16. The van der Waals surface area contributed by atoms with E-state index < -0.39 is 6.10 Å². The second-order valence-corrected chi connectivity index (χ2v) is 6.58. The molecule has 2 aliphatic rings. The molecule has 1 aliphatic heterocycles. The van der Waals surface area contributed by atoms with Crippen molar-refractivity contribution >= 4 is 0 Å². The lowest BCUT2D eigenvalue weighted by Gasteiger charge is -2.35. The van der Waals surface area contributed by atoms with Crippen LogP contribution in [0.3, 0.4) is 0 Å². The SMILES string of the molecule is O[C@@H]1c2cnccc2CC[C@H]1[C@H]1c2ccc(F)cc2-c2cncn21. The summed E-state index contributed by atoms with van der Waals surface area (Å²) in [5.74, 6) is -0.234. The molecular weight excluding hydrogens is 305 g/mol. The van der Waals surface area contributed by atoms with Crippen molar-refractivity contribution in [2.75, 3.05) is 0 Å². The Morgan fingerprint density at radius 1 is 1.12 bits per heavy atom. The average Bonchev–Trinajstić information content (AvgIpc) is 3.17. The number of imidazole rings is 1. The number of nitrogens with zero attached hydrogens (tertiary/aromatic N) is 3. The van der Waals surface area contributed by atoms with Crippen LogP contribution in [0.1, 0.15) is 35.3 Å². The first kappa shape index (κ1) is 13.9. The van der Waals surface area contributed by atoms with Crippen LogP contribution in [0.5, 0.6) is 0 Å². The quantitative estimate of drug-likeness (QED) is 0.748. The van der Waals surface area contributed by atoms with Crippen LogP contribution in [0, 0.1) is 11.7 Å². The van der Waals surface area contributed by atoms with Crippen molar-refractivity contribution in [3.63, 3.8) is 0 Å². The van der Waals surface area contributed by atoms with Gasteiger partial charge in [-0.25, -0.2) is 9.37 Å². The standard InChI is InChI=1S/C19H16FN3O/c20-12-2-4-13-15(7-12)17-9-22-10-23(17)18(13)14-3-1-11-5-6-21-8-16(11)19(14)24/h2,4-10,14,18-19,24H,1,3H2/t14-,18+,19-/m0/s1. The molecule has 0 bridgehead atoms. The smallest absolute Gasteiger partial charge is 0.123 e. The van der Waals surface area contributed by atoms with Gasteiger partial charge in [-0.3, -0.25) is 4.98 Å². The summed E-state index contributed by atoms with van der Waals surface area (Å²) in [5.41, 5.74) is 4.92. The average molecular weight is 321 g/mol. The molecule has 5 rings (SSSR count). The zero-order valence-corrected chi connectivity index (χ0v) is 12.9. The molecule has 0 saturated carbocycles. The van der Waals surface area contributed by atoms with Crippen LogP contribution in [-0.2, 0) is 6.42 Å². The van der Waals surface area contributed by atoms with E-state index in [0.29, 0.717) is 0 Å². The van der Waals surface area contributed by atoms with E-state index in [1.165, 1.54) is 6.07 Å². The molecule has 24 heavy (non-hydrogen) atoms. The molecule has 3 aromatic rings. The second kappa shape index (κ2) is 4.98. The molecular formula is C19H16FN3O. The lowest BCUT2D eigenvalue weighted by atomic mass is 9.76. The molecule has 3 atom stereocenters. The van der Waals surface area contributed by atoms with E-state index in [0.717, 1.165) is 40.8 Å². The van der Waals surface area contributed by atoms with E-state index in [1.807, 2.05) is 12.1 Å². The Bertz CT molecular complexity index is 936. The van der Waals surface area contributed by atoms with E-state index in [2.05, 4.69) is 14.5 Å². The van der Waals surface area contributed by atoms with E-state index in [4.69, 9.17) is 0 Å². The van der Waals surface area contributed by atoms with Gasteiger partial charge in [0.1, 0.15) is 5.82 Å². The lowest BCUT2D eigenvalue weighted by Crippen LogP contribution is -2.28. The molecule has 1 N–H and O–H groups in total. The van der Waals surface area contributed by atoms with Crippen molar-refractivity contribution in [3.05, 3.63) is 71.7 Å². The summed E-state index contributed by atoms with van der Waals surface area (Å²) in [6.45, 7) is 0. The van der Waals surface area contributed by atoms with Crippen LogP contribution in [0.4, 0.5) is 4.39 Å². The van der Waals surface area contributed by atoms with Crippen LogP contribution >= 0.6 is 0 Å². The molecule has 2 aromatic heterocycles. The van der Waals surface area contributed by atoms with Crippen LogP contribution in [0.2, 0.25) is 0 Å². The van der Waals surface area contributed by atoms with Crippen LogP contribution in [0.15, 0.2) is 49.2 Å². The molecule has 0 saturated heterocycles. The summed E-state index contributed by atoms with van der Waals surface area (Å²) >= 11 is 0. The largest absolute Gasteiger partial charge is 0.388 e. The molecule has 5 heteroatoms. The summed E-state index contributed by atoms with van der Waals surface area (Å²) in [7, 11) is 0. The summed E-state index contributed by atoms with van der Waals surface area (Å²) in [6.07, 6.45) is 8.29. The Hall–Kier alpha value is -2.53. The van der Waals surface area contributed by atoms with Gasteiger partial charge in [0.05, 0.1) is 30.4 Å². The van der Waals surface area contributed by atoms with Gasteiger partial charge in [0, 0.05) is 29.4 Å². The fourth-order valence-electron chi connectivity index (χ4n) is 4.30. The van der Waals surface area contributed by atoms with E-state index in [1.54, 1.807) is 31.0 Å². The van der Waals surface area contributed by atoms with Gasteiger partial charge in [-0.15, -0.1) is 0 Å². The molecule has 4 nitrogen and oxygen atoms in total.